The Morgan fingerprint density at radius 3 is 2.38 bits per heavy atom. The molecular weight excluding hydrogens is 388 g/mol. The molecule has 1 saturated carbocycles. The van der Waals surface area contributed by atoms with Crippen LogP contribution in [0.3, 0.4) is 0 Å². The van der Waals surface area contributed by atoms with Crippen LogP contribution >= 0.6 is 11.6 Å². The third-order valence-electron chi connectivity index (χ3n) is 5.41. The standard InChI is InChI=1S/C23H25ClN2O3/c24-19-7-3-18(4-8-19)23(28)26-13-1-2-16(14-26)15-29-21-11-5-17(6-12-21)22(27)25-20-9-10-20/h3-8,11-12,16,20H,1-2,9-10,13-15H2,(H,25,27). The Kier molecular flexibility index (Phi) is 6.05. The molecule has 2 aromatic carbocycles. The molecule has 1 saturated heterocycles. The Labute approximate surface area is 176 Å². The molecule has 0 radical (unpaired) electrons. The lowest BCUT2D eigenvalue weighted by molar-refractivity contribution is 0.0633. The van der Waals surface area contributed by atoms with Gasteiger partial charge in [-0.3, -0.25) is 9.59 Å². The van der Waals surface area contributed by atoms with Gasteiger partial charge in [-0.15, -0.1) is 0 Å². The zero-order valence-electron chi connectivity index (χ0n) is 16.3. The molecule has 0 spiro atoms. The van der Waals surface area contributed by atoms with E-state index in [9.17, 15) is 9.59 Å². The monoisotopic (exact) mass is 412 g/mol. The largest absolute Gasteiger partial charge is 0.493 e. The van der Waals surface area contributed by atoms with Crippen LogP contribution < -0.4 is 10.1 Å². The number of amides is 2. The number of carbonyl (C=O) groups excluding carboxylic acids is 2. The van der Waals surface area contributed by atoms with E-state index in [2.05, 4.69) is 5.32 Å². The molecule has 1 atom stereocenters. The van der Waals surface area contributed by atoms with Crippen molar-refractivity contribution < 1.29 is 14.3 Å². The summed E-state index contributed by atoms with van der Waals surface area (Å²) in [7, 11) is 0. The third kappa shape index (κ3) is 5.30. The van der Waals surface area contributed by atoms with Gasteiger partial charge in [0.25, 0.3) is 11.8 Å². The summed E-state index contributed by atoms with van der Waals surface area (Å²) in [6, 6.07) is 14.6. The van der Waals surface area contributed by atoms with Crippen LogP contribution in [0.25, 0.3) is 0 Å². The summed E-state index contributed by atoms with van der Waals surface area (Å²) in [5.74, 6) is 1.05. The number of nitrogens with zero attached hydrogens (tertiary/aromatic N) is 1. The maximum Gasteiger partial charge on any atom is 0.253 e. The zero-order chi connectivity index (χ0) is 20.2. The van der Waals surface area contributed by atoms with Crippen molar-refractivity contribution in [3.05, 3.63) is 64.7 Å². The van der Waals surface area contributed by atoms with Gasteiger partial charge in [0.05, 0.1) is 6.61 Å². The SMILES string of the molecule is O=C(NC1CC1)c1ccc(OCC2CCCN(C(=O)c3ccc(Cl)cc3)C2)cc1. The van der Waals surface area contributed by atoms with E-state index in [0.29, 0.717) is 35.3 Å². The molecule has 0 aromatic heterocycles. The molecule has 1 aliphatic carbocycles. The van der Waals surface area contributed by atoms with Crippen LogP contribution in [-0.2, 0) is 0 Å². The number of likely N-dealkylation sites (tertiary alicyclic amines) is 1. The highest BCUT2D eigenvalue weighted by atomic mass is 35.5. The van der Waals surface area contributed by atoms with Crippen LogP contribution in [-0.4, -0.2) is 42.5 Å². The van der Waals surface area contributed by atoms with Crippen LogP contribution in [0, 0.1) is 5.92 Å². The minimum atomic E-state index is -0.0253. The molecule has 2 fully saturated rings. The lowest BCUT2D eigenvalue weighted by Gasteiger charge is -2.32. The van der Waals surface area contributed by atoms with Gasteiger partial charge in [0.1, 0.15) is 5.75 Å². The van der Waals surface area contributed by atoms with E-state index in [1.807, 2.05) is 17.0 Å². The molecule has 1 heterocycles. The van der Waals surface area contributed by atoms with Gasteiger partial charge in [0.2, 0.25) is 0 Å². The Morgan fingerprint density at radius 2 is 1.69 bits per heavy atom. The van der Waals surface area contributed by atoms with Crippen LogP contribution in [0.15, 0.2) is 48.5 Å². The lowest BCUT2D eigenvalue weighted by atomic mass is 9.98. The molecular formula is C23H25ClN2O3. The highest BCUT2D eigenvalue weighted by molar-refractivity contribution is 6.30. The van der Waals surface area contributed by atoms with Crippen molar-refractivity contribution in [2.75, 3.05) is 19.7 Å². The van der Waals surface area contributed by atoms with E-state index in [1.54, 1.807) is 36.4 Å². The van der Waals surface area contributed by atoms with E-state index in [0.717, 1.165) is 38.0 Å². The number of halogens is 1. The van der Waals surface area contributed by atoms with Gasteiger partial charge < -0.3 is 15.0 Å². The molecule has 4 rings (SSSR count). The average molecular weight is 413 g/mol. The predicted octanol–water partition coefficient (Wildman–Crippen LogP) is 4.16. The van der Waals surface area contributed by atoms with Crippen molar-refractivity contribution in [3.8, 4) is 5.75 Å². The number of hydrogen-bond donors (Lipinski definition) is 1. The summed E-state index contributed by atoms with van der Waals surface area (Å²) in [4.78, 5) is 26.7. The highest BCUT2D eigenvalue weighted by Gasteiger charge is 2.25. The number of piperidine rings is 1. The predicted molar refractivity (Wildman–Crippen MR) is 113 cm³/mol. The van der Waals surface area contributed by atoms with Gasteiger partial charge >= 0.3 is 0 Å². The molecule has 1 unspecified atom stereocenters. The van der Waals surface area contributed by atoms with Crippen molar-refractivity contribution in [1.82, 2.24) is 10.2 Å². The van der Waals surface area contributed by atoms with E-state index in [-0.39, 0.29) is 17.7 Å². The van der Waals surface area contributed by atoms with Crippen molar-refractivity contribution in [3.63, 3.8) is 0 Å². The molecule has 2 aliphatic rings. The number of rotatable bonds is 6. The minimum absolute atomic E-state index is 0.0253. The van der Waals surface area contributed by atoms with Gasteiger partial charge in [-0.2, -0.15) is 0 Å². The first-order valence-electron chi connectivity index (χ1n) is 10.2. The van der Waals surface area contributed by atoms with Gasteiger partial charge in [-0.25, -0.2) is 0 Å². The second-order valence-corrected chi connectivity index (χ2v) is 8.29. The summed E-state index contributed by atoms with van der Waals surface area (Å²) in [6.07, 6.45) is 4.15. The number of ether oxygens (including phenoxy) is 1. The van der Waals surface area contributed by atoms with Crippen LogP contribution in [0.1, 0.15) is 46.4 Å². The summed E-state index contributed by atoms with van der Waals surface area (Å²) in [5, 5.41) is 3.61. The second kappa shape index (κ2) is 8.87. The van der Waals surface area contributed by atoms with Gasteiger partial charge in [0, 0.05) is 41.2 Å². The Balaban J connectivity index is 1.28. The first-order chi connectivity index (χ1) is 14.1. The molecule has 6 heteroatoms. The number of benzene rings is 2. The molecule has 29 heavy (non-hydrogen) atoms. The van der Waals surface area contributed by atoms with Crippen LogP contribution in [0.2, 0.25) is 5.02 Å². The summed E-state index contributed by atoms with van der Waals surface area (Å²) >= 11 is 5.91. The number of carbonyl (C=O) groups is 2. The van der Waals surface area contributed by atoms with E-state index < -0.39 is 0 Å². The van der Waals surface area contributed by atoms with Crippen molar-refractivity contribution >= 4 is 23.4 Å². The fraction of sp³-hybridized carbons (Fsp3) is 0.391. The van der Waals surface area contributed by atoms with Crippen LogP contribution in [0.4, 0.5) is 0 Å². The summed E-state index contributed by atoms with van der Waals surface area (Å²) in [5.41, 5.74) is 1.32. The smallest absolute Gasteiger partial charge is 0.253 e. The first kappa shape index (κ1) is 19.8. The number of hydrogen-bond acceptors (Lipinski definition) is 3. The Morgan fingerprint density at radius 1 is 1.00 bits per heavy atom. The molecule has 5 nitrogen and oxygen atoms in total. The quantitative estimate of drug-likeness (QED) is 0.774. The summed E-state index contributed by atoms with van der Waals surface area (Å²) < 4.78 is 5.94. The lowest BCUT2D eigenvalue weighted by Crippen LogP contribution is -2.41. The van der Waals surface area contributed by atoms with Crippen LogP contribution in [0.5, 0.6) is 5.75 Å². The van der Waals surface area contributed by atoms with E-state index >= 15 is 0 Å². The topological polar surface area (TPSA) is 58.6 Å². The maximum atomic E-state index is 12.7. The molecule has 2 aromatic rings. The third-order valence-corrected chi connectivity index (χ3v) is 5.66. The van der Waals surface area contributed by atoms with Crippen molar-refractivity contribution in [1.29, 1.82) is 0 Å². The Bertz CT molecular complexity index is 863. The van der Waals surface area contributed by atoms with E-state index in [1.165, 1.54) is 0 Å². The molecule has 1 N–H and O–H groups in total. The molecule has 1 aliphatic heterocycles. The fourth-order valence-corrected chi connectivity index (χ4v) is 3.70. The molecule has 152 valence electrons. The highest BCUT2D eigenvalue weighted by Crippen LogP contribution is 2.22. The number of nitrogens with one attached hydrogen (secondary N) is 1. The first-order valence-corrected chi connectivity index (χ1v) is 10.5. The molecule has 0 bridgehead atoms. The van der Waals surface area contributed by atoms with Crippen molar-refractivity contribution in [2.45, 2.75) is 31.7 Å². The fourth-order valence-electron chi connectivity index (χ4n) is 3.57. The van der Waals surface area contributed by atoms with Crippen molar-refractivity contribution in [2.24, 2.45) is 5.92 Å². The Hall–Kier alpha value is -2.53. The normalized spacial score (nSPS) is 18.9. The minimum Gasteiger partial charge on any atom is -0.493 e. The van der Waals surface area contributed by atoms with Gasteiger partial charge in [-0.05, 0) is 74.2 Å². The van der Waals surface area contributed by atoms with E-state index in [4.69, 9.17) is 16.3 Å². The second-order valence-electron chi connectivity index (χ2n) is 7.85. The zero-order valence-corrected chi connectivity index (χ0v) is 17.0. The van der Waals surface area contributed by atoms with Gasteiger partial charge in [0.15, 0.2) is 0 Å². The molecule has 2 amide bonds. The van der Waals surface area contributed by atoms with Gasteiger partial charge in [-0.1, -0.05) is 11.6 Å². The summed E-state index contributed by atoms with van der Waals surface area (Å²) in [6.45, 7) is 2.00. The average Bonchev–Trinajstić information content (AvgIpc) is 3.57. The maximum absolute atomic E-state index is 12.7.